The zero-order valence-electron chi connectivity index (χ0n) is 10.8. The number of benzene rings is 2. The van der Waals surface area contributed by atoms with Crippen molar-refractivity contribution >= 4 is 10.9 Å². The van der Waals surface area contributed by atoms with Gasteiger partial charge in [-0.05, 0) is 35.9 Å². The first kappa shape index (κ1) is 11.8. The van der Waals surface area contributed by atoms with Crippen LogP contribution in [0.15, 0.2) is 54.7 Å². The smallest absolute Gasteiger partial charge is 0.128 e. The van der Waals surface area contributed by atoms with Crippen molar-refractivity contribution in [3.05, 3.63) is 60.3 Å². The topological polar surface area (TPSA) is 40.2 Å². The van der Waals surface area contributed by atoms with E-state index in [1.165, 1.54) is 5.52 Å². The Hall–Kier alpha value is -2.26. The summed E-state index contributed by atoms with van der Waals surface area (Å²) in [7, 11) is 2.03. The Bertz CT molecular complexity index is 701. The summed E-state index contributed by atoms with van der Waals surface area (Å²) in [5, 5.41) is 1.15. The van der Waals surface area contributed by atoms with Crippen molar-refractivity contribution < 1.29 is 4.74 Å². The number of nitrogens with zero attached hydrogens (tertiary/aromatic N) is 1. The standard InChI is InChI=1S/C16H16N2O/c1-18-11-12(10-17)15-9-14(7-8-16(15)18)19-13-5-3-2-4-6-13/h2-9,11H,10,17H2,1H3. The normalized spacial score (nSPS) is 10.8. The molecule has 0 unspecified atom stereocenters. The van der Waals surface area contributed by atoms with Crippen LogP contribution in [0.5, 0.6) is 11.5 Å². The Labute approximate surface area is 112 Å². The number of para-hydroxylation sites is 1. The van der Waals surface area contributed by atoms with Crippen molar-refractivity contribution in [1.82, 2.24) is 4.57 Å². The van der Waals surface area contributed by atoms with Gasteiger partial charge in [-0.1, -0.05) is 18.2 Å². The Morgan fingerprint density at radius 2 is 1.84 bits per heavy atom. The van der Waals surface area contributed by atoms with Crippen LogP contribution in [0, 0.1) is 0 Å². The van der Waals surface area contributed by atoms with Gasteiger partial charge in [0.2, 0.25) is 0 Å². The molecule has 0 radical (unpaired) electrons. The van der Waals surface area contributed by atoms with Crippen LogP contribution in [0.4, 0.5) is 0 Å². The first-order chi connectivity index (χ1) is 9.28. The molecular formula is C16H16N2O. The summed E-state index contributed by atoms with van der Waals surface area (Å²) < 4.78 is 7.93. The Morgan fingerprint density at radius 1 is 1.05 bits per heavy atom. The third kappa shape index (κ3) is 2.20. The lowest BCUT2D eigenvalue weighted by Crippen LogP contribution is -1.94. The monoisotopic (exact) mass is 252 g/mol. The van der Waals surface area contributed by atoms with Gasteiger partial charge in [0, 0.05) is 30.7 Å². The quantitative estimate of drug-likeness (QED) is 0.775. The third-order valence-corrected chi connectivity index (χ3v) is 3.24. The van der Waals surface area contributed by atoms with E-state index < -0.39 is 0 Å². The second-order valence-electron chi connectivity index (χ2n) is 4.56. The van der Waals surface area contributed by atoms with Gasteiger partial charge in [0.1, 0.15) is 11.5 Å². The van der Waals surface area contributed by atoms with Crippen LogP contribution in [0.2, 0.25) is 0 Å². The van der Waals surface area contributed by atoms with Gasteiger partial charge in [-0.2, -0.15) is 0 Å². The molecule has 3 heteroatoms. The van der Waals surface area contributed by atoms with Crippen molar-refractivity contribution in [2.24, 2.45) is 12.8 Å². The van der Waals surface area contributed by atoms with E-state index in [4.69, 9.17) is 10.5 Å². The molecular weight excluding hydrogens is 236 g/mol. The highest BCUT2D eigenvalue weighted by atomic mass is 16.5. The van der Waals surface area contributed by atoms with E-state index in [2.05, 4.69) is 16.8 Å². The summed E-state index contributed by atoms with van der Waals surface area (Å²) in [6, 6.07) is 15.9. The summed E-state index contributed by atoms with van der Waals surface area (Å²) in [6.45, 7) is 0.534. The number of rotatable bonds is 3. The maximum absolute atomic E-state index is 5.85. The van der Waals surface area contributed by atoms with E-state index in [9.17, 15) is 0 Å². The van der Waals surface area contributed by atoms with Gasteiger partial charge in [-0.3, -0.25) is 0 Å². The number of aryl methyl sites for hydroxylation is 1. The minimum absolute atomic E-state index is 0.534. The first-order valence-corrected chi connectivity index (χ1v) is 6.29. The van der Waals surface area contributed by atoms with Crippen molar-refractivity contribution in [1.29, 1.82) is 0 Å². The van der Waals surface area contributed by atoms with Gasteiger partial charge in [0.25, 0.3) is 0 Å². The molecule has 96 valence electrons. The van der Waals surface area contributed by atoms with E-state index in [0.717, 1.165) is 22.4 Å². The van der Waals surface area contributed by atoms with E-state index >= 15 is 0 Å². The van der Waals surface area contributed by atoms with Gasteiger partial charge < -0.3 is 15.0 Å². The molecule has 3 rings (SSSR count). The van der Waals surface area contributed by atoms with Crippen LogP contribution in [0.3, 0.4) is 0 Å². The maximum atomic E-state index is 5.85. The van der Waals surface area contributed by atoms with Crippen molar-refractivity contribution in [3.63, 3.8) is 0 Å². The molecule has 1 heterocycles. The summed E-state index contributed by atoms with van der Waals surface area (Å²) in [5.74, 6) is 1.67. The predicted molar refractivity (Wildman–Crippen MR) is 77.3 cm³/mol. The minimum atomic E-state index is 0.534. The Kier molecular flexibility index (Phi) is 2.97. The molecule has 19 heavy (non-hydrogen) atoms. The van der Waals surface area contributed by atoms with Crippen molar-refractivity contribution in [2.75, 3.05) is 0 Å². The molecule has 0 aliphatic rings. The fourth-order valence-electron chi connectivity index (χ4n) is 2.30. The second kappa shape index (κ2) is 4.78. The second-order valence-corrected chi connectivity index (χ2v) is 4.56. The highest BCUT2D eigenvalue weighted by Crippen LogP contribution is 2.28. The first-order valence-electron chi connectivity index (χ1n) is 6.29. The lowest BCUT2D eigenvalue weighted by Gasteiger charge is -2.06. The number of nitrogens with two attached hydrogens (primary N) is 1. The average Bonchev–Trinajstić information content (AvgIpc) is 2.76. The van der Waals surface area contributed by atoms with Crippen molar-refractivity contribution in [2.45, 2.75) is 6.54 Å². The molecule has 3 nitrogen and oxygen atoms in total. The van der Waals surface area contributed by atoms with Crippen LogP contribution in [0.25, 0.3) is 10.9 Å². The molecule has 2 aromatic carbocycles. The van der Waals surface area contributed by atoms with Gasteiger partial charge in [-0.15, -0.1) is 0 Å². The Morgan fingerprint density at radius 3 is 2.58 bits per heavy atom. The summed E-state index contributed by atoms with van der Waals surface area (Å²) >= 11 is 0. The molecule has 0 atom stereocenters. The molecule has 0 amide bonds. The number of hydrogen-bond acceptors (Lipinski definition) is 2. The fraction of sp³-hybridized carbons (Fsp3) is 0.125. The molecule has 0 saturated carbocycles. The number of ether oxygens (including phenoxy) is 1. The molecule has 0 spiro atoms. The van der Waals surface area contributed by atoms with Gasteiger partial charge in [-0.25, -0.2) is 0 Å². The lowest BCUT2D eigenvalue weighted by atomic mass is 10.1. The molecule has 2 N–H and O–H groups in total. The zero-order valence-corrected chi connectivity index (χ0v) is 10.8. The number of hydrogen-bond donors (Lipinski definition) is 1. The highest BCUT2D eigenvalue weighted by Gasteiger charge is 2.07. The largest absolute Gasteiger partial charge is 0.457 e. The highest BCUT2D eigenvalue weighted by molar-refractivity contribution is 5.85. The van der Waals surface area contributed by atoms with Crippen LogP contribution in [-0.4, -0.2) is 4.57 Å². The van der Waals surface area contributed by atoms with E-state index in [0.29, 0.717) is 6.54 Å². The minimum Gasteiger partial charge on any atom is -0.457 e. The number of aromatic nitrogens is 1. The van der Waals surface area contributed by atoms with E-state index in [1.54, 1.807) is 0 Å². The van der Waals surface area contributed by atoms with Crippen LogP contribution >= 0.6 is 0 Å². The SMILES string of the molecule is Cn1cc(CN)c2cc(Oc3ccccc3)ccc21. The summed E-state index contributed by atoms with van der Waals surface area (Å²) in [6.07, 6.45) is 2.07. The van der Waals surface area contributed by atoms with Crippen LogP contribution in [-0.2, 0) is 13.6 Å². The van der Waals surface area contributed by atoms with Gasteiger partial charge in [0.15, 0.2) is 0 Å². The molecule has 0 aliphatic heterocycles. The lowest BCUT2D eigenvalue weighted by molar-refractivity contribution is 0.483. The molecule has 0 bridgehead atoms. The molecule has 0 saturated heterocycles. The summed E-state index contributed by atoms with van der Waals surface area (Å²) in [5.41, 5.74) is 8.08. The average molecular weight is 252 g/mol. The van der Waals surface area contributed by atoms with Crippen LogP contribution < -0.4 is 10.5 Å². The maximum Gasteiger partial charge on any atom is 0.128 e. The summed E-state index contributed by atoms with van der Waals surface area (Å²) in [4.78, 5) is 0. The van der Waals surface area contributed by atoms with E-state index in [1.807, 2.05) is 49.5 Å². The molecule has 0 aliphatic carbocycles. The zero-order chi connectivity index (χ0) is 13.2. The third-order valence-electron chi connectivity index (χ3n) is 3.24. The van der Waals surface area contributed by atoms with E-state index in [-0.39, 0.29) is 0 Å². The van der Waals surface area contributed by atoms with Gasteiger partial charge in [0.05, 0.1) is 0 Å². The predicted octanol–water partition coefficient (Wildman–Crippen LogP) is 3.43. The fourth-order valence-corrected chi connectivity index (χ4v) is 2.30. The van der Waals surface area contributed by atoms with Crippen molar-refractivity contribution in [3.8, 4) is 11.5 Å². The van der Waals surface area contributed by atoms with Crippen LogP contribution in [0.1, 0.15) is 5.56 Å². The van der Waals surface area contributed by atoms with Gasteiger partial charge >= 0.3 is 0 Å². The Balaban J connectivity index is 2.01. The molecule has 1 aromatic heterocycles. The molecule has 3 aromatic rings. The molecule has 0 fully saturated rings. The number of fused-ring (bicyclic) bond motifs is 1.